The second-order valence-electron chi connectivity index (χ2n) is 4.30. The molecule has 0 bridgehead atoms. The van der Waals surface area contributed by atoms with E-state index in [-0.39, 0.29) is 22.9 Å². The number of aromatic nitrogens is 2. The van der Waals surface area contributed by atoms with Gasteiger partial charge in [-0.1, -0.05) is 0 Å². The number of aliphatic hydroxyl groups is 2. The molecule has 1 heterocycles. The Hall–Kier alpha value is -2.32. The Morgan fingerprint density at radius 2 is 1.55 bits per heavy atom. The third-order valence-corrected chi connectivity index (χ3v) is 3.05. The van der Waals surface area contributed by atoms with Crippen LogP contribution in [-0.2, 0) is 0 Å². The number of hydrogen-bond acceptors (Lipinski definition) is 6. The maximum absolute atomic E-state index is 11.4. The molecule has 1 aromatic heterocycles. The van der Waals surface area contributed by atoms with Crippen LogP contribution < -0.4 is 20.3 Å². The molecule has 2 aromatic rings. The van der Waals surface area contributed by atoms with Crippen molar-refractivity contribution in [2.24, 2.45) is 0 Å². The SMILES string of the molecule is Nc1ccc(N(CCO)CCO)c2c[n+]([O-])[n+]([O-])cc12. The molecule has 8 nitrogen and oxygen atoms in total. The zero-order valence-electron chi connectivity index (χ0n) is 10.8. The van der Waals surface area contributed by atoms with Gasteiger partial charge in [0.15, 0.2) is 0 Å². The molecule has 0 aliphatic rings. The predicted octanol–water partition coefficient (Wildman–Crippen LogP) is -1.52. The first-order chi connectivity index (χ1) is 9.58. The van der Waals surface area contributed by atoms with Gasteiger partial charge in [-0.2, -0.15) is 0 Å². The topological polar surface area (TPSA) is 124 Å². The summed E-state index contributed by atoms with van der Waals surface area (Å²) < 4.78 is 0. The molecule has 2 rings (SSSR count). The average Bonchev–Trinajstić information content (AvgIpc) is 2.41. The summed E-state index contributed by atoms with van der Waals surface area (Å²) >= 11 is 0. The molecular formula is C12H16N4O4. The standard InChI is InChI=1S/C12H16N4O4/c13-11-1-2-12(14(3-5-17)4-6-18)10-8-16(20)15(19)7-9(10)11/h1-2,7-8,17-18H,3-6,13H2. The first-order valence-corrected chi connectivity index (χ1v) is 6.10. The van der Waals surface area contributed by atoms with Crippen molar-refractivity contribution < 1.29 is 19.9 Å². The monoisotopic (exact) mass is 280 g/mol. The molecular weight excluding hydrogens is 264 g/mol. The maximum atomic E-state index is 11.4. The number of anilines is 2. The minimum Gasteiger partial charge on any atom is -0.561 e. The van der Waals surface area contributed by atoms with Crippen LogP contribution in [0.5, 0.6) is 0 Å². The highest BCUT2D eigenvalue weighted by molar-refractivity contribution is 5.99. The van der Waals surface area contributed by atoms with Crippen molar-refractivity contribution in [2.45, 2.75) is 0 Å². The van der Waals surface area contributed by atoms with Gasteiger partial charge in [0.25, 0.3) is 12.4 Å². The van der Waals surface area contributed by atoms with Gasteiger partial charge in [-0.3, -0.25) is 0 Å². The highest BCUT2D eigenvalue weighted by Crippen LogP contribution is 2.29. The molecule has 0 amide bonds. The van der Waals surface area contributed by atoms with Gasteiger partial charge >= 0.3 is 0 Å². The van der Waals surface area contributed by atoms with Gasteiger partial charge < -0.3 is 31.3 Å². The lowest BCUT2D eigenvalue weighted by atomic mass is 10.1. The van der Waals surface area contributed by atoms with E-state index >= 15 is 0 Å². The van der Waals surface area contributed by atoms with Crippen LogP contribution >= 0.6 is 0 Å². The molecule has 0 unspecified atom stereocenters. The first-order valence-electron chi connectivity index (χ1n) is 6.10. The summed E-state index contributed by atoms with van der Waals surface area (Å²) in [4.78, 5) is 2.02. The number of aliphatic hydroxyl groups excluding tert-OH is 2. The zero-order valence-corrected chi connectivity index (χ0v) is 10.8. The molecule has 108 valence electrons. The fourth-order valence-electron chi connectivity index (χ4n) is 2.13. The highest BCUT2D eigenvalue weighted by atomic mass is 16.6. The molecule has 0 saturated carbocycles. The fourth-order valence-corrected chi connectivity index (χ4v) is 2.13. The minimum absolute atomic E-state index is 0.0996. The maximum Gasteiger partial charge on any atom is 0.263 e. The number of benzene rings is 1. The summed E-state index contributed by atoms with van der Waals surface area (Å²) in [7, 11) is 0. The van der Waals surface area contributed by atoms with Crippen molar-refractivity contribution >= 4 is 22.1 Å². The lowest BCUT2D eigenvalue weighted by Gasteiger charge is -2.24. The van der Waals surface area contributed by atoms with Gasteiger partial charge in [0.1, 0.15) is 0 Å². The Morgan fingerprint density at radius 1 is 1.00 bits per heavy atom. The molecule has 20 heavy (non-hydrogen) atoms. The zero-order chi connectivity index (χ0) is 14.7. The Morgan fingerprint density at radius 3 is 2.10 bits per heavy atom. The van der Waals surface area contributed by atoms with E-state index in [1.54, 1.807) is 17.0 Å². The minimum atomic E-state index is -0.0996. The van der Waals surface area contributed by atoms with Gasteiger partial charge in [-0.15, -0.1) is 0 Å². The van der Waals surface area contributed by atoms with Crippen molar-refractivity contribution in [3.05, 3.63) is 34.9 Å². The third kappa shape index (κ3) is 2.51. The quantitative estimate of drug-likeness (QED) is 0.347. The summed E-state index contributed by atoms with van der Waals surface area (Å²) in [6.45, 7) is 0.394. The highest BCUT2D eigenvalue weighted by Gasteiger charge is 2.17. The van der Waals surface area contributed by atoms with Crippen molar-refractivity contribution in [1.82, 2.24) is 0 Å². The normalized spacial score (nSPS) is 10.9. The Kier molecular flexibility index (Phi) is 4.06. The lowest BCUT2D eigenvalue weighted by Crippen LogP contribution is -2.60. The smallest absolute Gasteiger partial charge is 0.263 e. The van der Waals surface area contributed by atoms with Crippen LogP contribution in [-0.4, -0.2) is 36.5 Å². The molecule has 4 N–H and O–H groups in total. The van der Waals surface area contributed by atoms with Crippen LogP contribution in [0.15, 0.2) is 24.5 Å². The van der Waals surface area contributed by atoms with E-state index in [2.05, 4.69) is 0 Å². The molecule has 1 aromatic carbocycles. The van der Waals surface area contributed by atoms with Crippen molar-refractivity contribution in [3.8, 4) is 0 Å². The number of hydrogen-bond donors (Lipinski definition) is 3. The molecule has 0 spiro atoms. The van der Waals surface area contributed by atoms with Gasteiger partial charge in [-0.25, -0.2) is 0 Å². The molecule has 0 fully saturated rings. The van der Waals surface area contributed by atoms with Crippen LogP contribution in [0.4, 0.5) is 11.4 Å². The number of nitrogens with zero attached hydrogens (tertiary/aromatic N) is 3. The van der Waals surface area contributed by atoms with Crippen LogP contribution in [0.25, 0.3) is 10.8 Å². The summed E-state index contributed by atoms with van der Waals surface area (Å²) in [5.41, 5.74) is 6.82. The van der Waals surface area contributed by atoms with E-state index < -0.39 is 0 Å². The first kappa shape index (κ1) is 14.1. The number of fused-ring (bicyclic) bond motifs is 1. The number of nitrogens with two attached hydrogens (primary N) is 1. The average molecular weight is 280 g/mol. The Bertz CT molecular complexity index is 614. The summed E-state index contributed by atoms with van der Waals surface area (Å²) in [5.74, 6) is 0. The van der Waals surface area contributed by atoms with Crippen molar-refractivity contribution in [2.75, 3.05) is 36.9 Å². The van der Waals surface area contributed by atoms with Crippen LogP contribution in [0.2, 0.25) is 0 Å². The van der Waals surface area contributed by atoms with Gasteiger partial charge in [0.05, 0.1) is 39.4 Å². The van der Waals surface area contributed by atoms with Crippen LogP contribution in [0.3, 0.4) is 0 Å². The van der Waals surface area contributed by atoms with Gasteiger partial charge in [0.2, 0.25) is 0 Å². The summed E-state index contributed by atoms with van der Waals surface area (Å²) in [6.07, 6.45) is 2.24. The summed E-state index contributed by atoms with van der Waals surface area (Å²) in [6, 6.07) is 3.31. The van der Waals surface area contributed by atoms with E-state index in [0.717, 1.165) is 12.4 Å². The number of nitrogen functional groups attached to an aromatic ring is 1. The van der Waals surface area contributed by atoms with Crippen LogP contribution in [0.1, 0.15) is 0 Å². The Balaban J connectivity index is 2.63. The van der Waals surface area contributed by atoms with Crippen molar-refractivity contribution in [1.29, 1.82) is 0 Å². The second-order valence-corrected chi connectivity index (χ2v) is 4.30. The molecule has 0 saturated heterocycles. The third-order valence-electron chi connectivity index (χ3n) is 3.05. The van der Waals surface area contributed by atoms with Gasteiger partial charge in [-0.05, 0) is 12.1 Å². The molecule has 0 radical (unpaired) electrons. The van der Waals surface area contributed by atoms with E-state index in [1.165, 1.54) is 0 Å². The van der Waals surface area contributed by atoms with Crippen molar-refractivity contribution in [3.63, 3.8) is 0 Å². The number of rotatable bonds is 5. The van der Waals surface area contributed by atoms with E-state index in [9.17, 15) is 10.4 Å². The van der Waals surface area contributed by atoms with E-state index in [0.29, 0.717) is 35.2 Å². The molecule has 0 atom stereocenters. The predicted molar refractivity (Wildman–Crippen MR) is 72.7 cm³/mol. The fraction of sp³-hybridized carbons (Fsp3) is 0.333. The molecule has 8 heteroatoms. The summed E-state index contributed by atoms with van der Waals surface area (Å²) in [5, 5.41) is 41.9. The lowest BCUT2D eigenvalue weighted by molar-refractivity contribution is -1.19. The molecule has 0 aliphatic heterocycles. The largest absolute Gasteiger partial charge is 0.561 e. The van der Waals surface area contributed by atoms with E-state index in [4.69, 9.17) is 15.9 Å². The molecule has 0 aliphatic carbocycles. The Labute approximate surface area is 115 Å². The van der Waals surface area contributed by atoms with Crippen LogP contribution in [0, 0.1) is 10.4 Å². The van der Waals surface area contributed by atoms with Gasteiger partial charge in [0, 0.05) is 18.8 Å². The second kappa shape index (κ2) is 5.76. The van der Waals surface area contributed by atoms with E-state index in [1.807, 2.05) is 0 Å².